The van der Waals surface area contributed by atoms with Crippen LogP contribution in [0.25, 0.3) is 22.8 Å². The van der Waals surface area contributed by atoms with Gasteiger partial charge < -0.3 is 9.42 Å². The minimum Gasteiger partial charge on any atom is -0.334 e. The smallest absolute Gasteiger partial charge is 0.259 e. The molecule has 0 unspecified atom stereocenters. The maximum Gasteiger partial charge on any atom is 0.259 e. The zero-order chi connectivity index (χ0) is 22.4. The second-order valence-corrected chi connectivity index (χ2v) is 10.2. The van der Waals surface area contributed by atoms with E-state index in [1.54, 1.807) is 24.2 Å². The lowest BCUT2D eigenvalue weighted by Crippen LogP contribution is -2.39. The van der Waals surface area contributed by atoms with Crippen LogP contribution in [0.4, 0.5) is 5.69 Å². The van der Waals surface area contributed by atoms with E-state index in [0.717, 1.165) is 62.3 Å². The number of aromatic nitrogens is 3. The van der Waals surface area contributed by atoms with Crippen LogP contribution < -0.4 is 4.90 Å². The molecule has 0 saturated heterocycles. The fraction of sp³-hybridized carbons (Fsp3) is 0.200. The third-order valence-corrected chi connectivity index (χ3v) is 7.66. The molecular formula is C25H19BrN4O2S. The van der Waals surface area contributed by atoms with E-state index < -0.39 is 0 Å². The van der Waals surface area contributed by atoms with Crippen molar-refractivity contribution in [3.8, 4) is 22.8 Å². The lowest BCUT2D eigenvalue weighted by atomic mass is 10.1. The number of carbonyl (C=O) groups is 1. The SMILES string of the molecule is O=C1c2ccccc2Sc2cc(-c3noc(-c4cncc(Br)c4)n3)ccc2N1C1CCCC1. The van der Waals surface area contributed by atoms with E-state index >= 15 is 0 Å². The van der Waals surface area contributed by atoms with Crippen molar-refractivity contribution in [3.63, 3.8) is 0 Å². The summed E-state index contributed by atoms with van der Waals surface area (Å²) in [7, 11) is 0. The van der Waals surface area contributed by atoms with Crippen LogP contribution in [0, 0.1) is 0 Å². The number of halogens is 1. The average Bonchev–Trinajstić information content (AvgIpc) is 3.51. The molecule has 33 heavy (non-hydrogen) atoms. The molecule has 6 nitrogen and oxygen atoms in total. The van der Waals surface area contributed by atoms with Crippen molar-refractivity contribution in [3.05, 3.63) is 71.0 Å². The quantitative estimate of drug-likeness (QED) is 0.303. The van der Waals surface area contributed by atoms with E-state index in [4.69, 9.17) is 4.52 Å². The number of hydrogen-bond donors (Lipinski definition) is 0. The Hall–Kier alpha value is -2.97. The van der Waals surface area contributed by atoms with Crippen LogP contribution in [-0.2, 0) is 0 Å². The van der Waals surface area contributed by atoms with Crippen molar-refractivity contribution in [2.45, 2.75) is 41.5 Å². The Kier molecular flexibility index (Phi) is 5.27. The topological polar surface area (TPSA) is 72.1 Å². The second-order valence-electron chi connectivity index (χ2n) is 8.21. The Morgan fingerprint density at radius 2 is 1.85 bits per heavy atom. The van der Waals surface area contributed by atoms with Gasteiger partial charge in [-0.3, -0.25) is 9.78 Å². The summed E-state index contributed by atoms with van der Waals surface area (Å²) in [6.45, 7) is 0. The van der Waals surface area contributed by atoms with Crippen LogP contribution in [0.3, 0.4) is 0 Å². The molecule has 1 aliphatic carbocycles. The number of amides is 1. The molecule has 3 heterocycles. The molecule has 0 N–H and O–H groups in total. The molecule has 1 aliphatic heterocycles. The van der Waals surface area contributed by atoms with E-state index in [0.29, 0.717) is 11.7 Å². The fourth-order valence-corrected chi connectivity index (χ4v) is 6.01. The van der Waals surface area contributed by atoms with Gasteiger partial charge in [0.25, 0.3) is 11.8 Å². The fourth-order valence-electron chi connectivity index (χ4n) is 4.54. The van der Waals surface area contributed by atoms with Gasteiger partial charge in [0.15, 0.2) is 0 Å². The molecule has 6 rings (SSSR count). The molecule has 164 valence electrons. The first kappa shape index (κ1) is 20.6. The highest BCUT2D eigenvalue weighted by atomic mass is 79.9. The molecule has 0 atom stereocenters. The first-order valence-electron chi connectivity index (χ1n) is 10.9. The summed E-state index contributed by atoms with van der Waals surface area (Å²) in [6, 6.07) is 16.0. The number of rotatable bonds is 3. The zero-order valence-electron chi connectivity index (χ0n) is 17.6. The van der Waals surface area contributed by atoms with Crippen LogP contribution in [-0.4, -0.2) is 27.1 Å². The Morgan fingerprint density at radius 1 is 1.00 bits per heavy atom. The van der Waals surface area contributed by atoms with E-state index in [1.165, 1.54) is 0 Å². The molecule has 2 aromatic heterocycles. The normalized spacial score (nSPS) is 15.9. The highest BCUT2D eigenvalue weighted by Crippen LogP contribution is 2.45. The molecule has 2 aliphatic rings. The number of fused-ring (bicyclic) bond motifs is 2. The summed E-state index contributed by atoms with van der Waals surface area (Å²) in [5.41, 5.74) is 3.31. The number of nitrogens with zero attached hydrogens (tertiary/aromatic N) is 4. The van der Waals surface area contributed by atoms with Crippen LogP contribution in [0.2, 0.25) is 0 Å². The van der Waals surface area contributed by atoms with E-state index in [-0.39, 0.29) is 11.9 Å². The second kappa shape index (κ2) is 8.43. The van der Waals surface area contributed by atoms with Crippen molar-refractivity contribution < 1.29 is 9.32 Å². The van der Waals surface area contributed by atoms with Gasteiger partial charge in [-0.1, -0.05) is 41.9 Å². The zero-order valence-corrected chi connectivity index (χ0v) is 20.0. The predicted octanol–water partition coefficient (Wildman–Crippen LogP) is 6.62. The number of benzene rings is 2. The van der Waals surface area contributed by atoms with Crippen LogP contribution in [0.5, 0.6) is 0 Å². The molecule has 0 spiro atoms. The third-order valence-electron chi connectivity index (χ3n) is 6.10. The van der Waals surface area contributed by atoms with Gasteiger partial charge in [0.2, 0.25) is 5.82 Å². The molecule has 1 amide bonds. The van der Waals surface area contributed by atoms with Gasteiger partial charge in [0.05, 0.1) is 16.8 Å². The van der Waals surface area contributed by atoms with E-state index in [2.05, 4.69) is 37.1 Å². The van der Waals surface area contributed by atoms with Crippen molar-refractivity contribution in [2.24, 2.45) is 0 Å². The minimum absolute atomic E-state index is 0.0838. The minimum atomic E-state index is 0.0838. The number of anilines is 1. The van der Waals surface area contributed by atoms with Gasteiger partial charge in [-0.2, -0.15) is 4.98 Å². The van der Waals surface area contributed by atoms with Gasteiger partial charge in [-0.25, -0.2) is 0 Å². The summed E-state index contributed by atoms with van der Waals surface area (Å²) < 4.78 is 6.36. The highest BCUT2D eigenvalue weighted by Gasteiger charge is 2.34. The van der Waals surface area contributed by atoms with Gasteiger partial charge >= 0.3 is 0 Å². The number of pyridine rings is 1. The Balaban J connectivity index is 1.43. The molecule has 2 aromatic carbocycles. The summed E-state index contributed by atoms with van der Waals surface area (Å²) >= 11 is 5.04. The van der Waals surface area contributed by atoms with Gasteiger partial charge in [0, 0.05) is 38.3 Å². The number of carbonyl (C=O) groups excluding carboxylic acids is 1. The monoisotopic (exact) mass is 518 g/mol. The van der Waals surface area contributed by atoms with Gasteiger partial charge in [-0.15, -0.1) is 0 Å². The van der Waals surface area contributed by atoms with Crippen LogP contribution >= 0.6 is 27.7 Å². The van der Waals surface area contributed by atoms with Crippen molar-refractivity contribution >= 4 is 39.3 Å². The van der Waals surface area contributed by atoms with Gasteiger partial charge in [0.1, 0.15) is 0 Å². The maximum absolute atomic E-state index is 13.6. The first-order valence-corrected chi connectivity index (χ1v) is 12.5. The molecular weight excluding hydrogens is 500 g/mol. The molecule has 1 fully saturated rings. The molecule has 0 bridgehead atoms. The summed E-state index contributed by atoms with van der Waals surface area (Å²) in [5.74, 6) is 1.000. The molecule has 4 aromatic rings. The summed E-state index contributed by atoms with van der Waals surface area (Å²) in [4.78, 5) is 26.4. The van der Waals surface area contributed by atoms with Gasteiger partial charge in [-0.05, 0) is 65.2 Å². The van der Waals surface area contributed by atoms with Crippen molar-refractivity contribution in [2.75, 3.05) is 4.90 Å². The van der Waals surface area contributed by atoms with E-state index in [9.17, 15) is 4.79 Å². The Labute approximate surface area is 203 Å². The lowest BCUT2D eigenvalue weighted by Gasteiger charge is -2.29. The largest absolute Gasteiger partial charge is 0.334 e. The predicted molar refractivity (Wildman–Crippen MR) is 130 cm³/mol. The lowest BCUT2D eigenvalue weighted by molar-refractivity contribution is 0.0974. The maximum atomic E-state index is 13.6. The van der Waals surface area contributed by atoms with Crippen LogP contribution in [0.15, 0.2) is 79.7 Å². The van der Waals surface area contributed by atoms with Crippen molar-refractivity contribution in [1.29, 1.82) is 0 Å². The van der Waals surface area contributed by atoms with Crippen molar-refractivity contribution in [1.82, 2.24) is 15.1 Å². The molecule has 0 radical (unpaired) electrons. The standard InChI is InChI=1S/C25H19BrN4O2S/c26-17-11-16(13-27-14-17)24-28-23(29-32-24)15-9-10-20-22(12-15)33-21-8-4-3-7-19(21)25(31)30(20)18-5-1-2-6-18/h3-4,7-14,18H,1-2,5-6H2. The molecule has 1 saturated carbocycles. The Bertz CT molecular complexity index is 1370. The highest BCUT2D eigenvalue weighted by molar-refractivity contribution is 9.10. The first-order chi connectivity index (χ1) is 16.2. The van der Waals surface area contributed by atoms with Crippen LogP contribution in [0.1, 0.15) is 36.0 Å². The average molecular weight is 519 g/mol. The summed E-state index contributed by atoms with van der Waals surface area (Å²) in [5, 5.41) is 4.20. The third kappa shape index (κ3) is 3.77. The number of hydrogen-bond acceptors (Lipinski definition) is 6. The molecule has 8 heteroatoms. The Morgan fingerprint density at radius 3 is 2.70 bits per heavy atom. The van der Waals surface area contributed by atoms with E-state index in [1.807, 2.05) is 47.4 Å². The summed E-state index contributed by atoms with van der Waals surface area (Å²) in [6.07, 6.45) is 7.79.